The zero-order chi connectivity index (χ0) is 19.8. The Morgan fingerprint density at radius 2 is 2.07 bits per heavy atom. The number of hydrogen-bond donors (Lipinski definition) is 0. The summed E-state index contributed by atoms with van der Waals surface area (Å²) in [6, 6.07) is 13.7. The van der Waals surface area contributed by atoms with E-state index in [-0.39, 0.29) is 23.6 Å². The highest BCUT2D eigenvalue weighted by atomic mass is 19.1. The van der Waals surface area contributed by atoms with E-state index in [1.807, 2.05) is 24.3 Å². The summed E-state index contributed by atoms with van der Waals surface area (Å²) < 4.78 is 31.9. The standard InChI is InChI=1S/C20H16FN5O3/c1-27-15-7-3-4-12(9-15)17-10-26-16(11-28-17)18(23-25-26)20-22-19(24-29-20)13-5-2-6-14(21)8-13/h2-9,17H,10-11H2,1H3/t17-/m1/s1. The molecule has 29 heavy (non-hydrogen) atoms. The van der Waals surface area contributed by atoms with Gasteiger partial charge in [-0.15, -0.1) is 5.10 Å². The SMILES string of the molecule is COc1cccc([C@H]2Cn3nnc(-c4nc(-c5cccc(F)c5)no4)c3CO2)c1. The summed E-state index contributed by atoms with van der Waals surface area (Å²) >= 11 is 0. The number of benzene rings is 2. The molecule has 0 saturated carbocycles. The fourth-order valence-corrected chi connectivity index (χ4v) is 3.29. The van der Waals surface area contributed by atoms with Crippen LogP contribution in [-0.4, -0.2) is 32.2 Å². The lowest BCUT2D eigenvalue weighted by atomic mass is 10.1. The molecule has 1 atom stereocenters. The molecule has 2 aromatic heterocycles. The lowest BCUT2D eigenvalue weighted by Gasteiger charge is -2.24. The van der Waals surface area contributed by atoms with Crippen molar-refractivity contribution in [2.24, 2.45) is 0 Å². The van der Waals surface area contributed by atoms with E-state index in [9.17, 15) is 4.39 Å². The van der Waals surface area contributed by atoms with Crippen LogP contribution in [0.5, 0.6) is 5.75 Å². The molecule has 1 aliphatic heterocycles. The second-order valence-corrected chi connectivity index (χ2v) is 6.58. The Labute approximate surface area is 164 Å². The van der Waals surface area contributed by atoms with Crippen LogP contribution >= 0.6 is 0 Å². The Bertz CT molecular complexity index is 1170. The van der Waals surface area contributed by atoms with Gasteiger partial charge in [0.25, 0.3) is 5.89 Å². The highest BCUT2D eigenvalue weighted by Crippen LogP contribution is 2.32. The quantitative estimate of drug-likeness (QED) is 0.525. The van der Waals surface area contributed by atoms with Gasteiger partial charge < -0.3 is 14.0 Å². The molecule has 0 unspecified atom stereocenters. The second-order valence-electron chi connectivity index (χ2n) is 6.58. The van der Waals surface area contributed by atoms with E-state index >= 15 is 0 Å². The van der Waals surface area contributed by atoms with Gasteiger partial charge in [-0.1, -0.05) is 34.6 Å². The maximum atomic E-state index is 13.4. The molecule has 0 N–H and O–H groups in total. The molecule has 0 radical (unpaired) electrons. The number of ether oxygens (including phenoxy) is 2. The third kappa shape index (κ3) is 3.25. The first kappa shape index (κ1) is 17.5. The van der Waals surface area contributed by atoms with Gasteiger partial charge in [0, 0.05) is 5.56 Å². The van der Waals surface area contributed by atoms with Crippen LogP contribution in [0.1, 0.15) is 17.4 Å². The molecule has 0 saturated heterocycles. The Balaban J connectivity index is 1.41. The number of fused-ring (bicyclic) bond motifs is 1. The summed E-state index contributed by atoms with van der Waals surface area (Å²) in [6.45, 7) is 0.794. The highest BCUT2D eigenvalue weighted by molar-refractivity contribution is 5.58. The molecule has 3 heterocycles. The summed E-state index contributed by atoms with van der Waals surface area (Å²) in [5, 5.41) is 12.3. The molecule has 5 rings (SSSR count). The molecule has 0 amide bonds. The Hall–Kier alpha value is -3.59. The van der Waals surface area contributed by atoms with Crippen molar-refractivity contribution in [1.82, 2.24) is 25.1 Å². The van der Waals surface area contributed by atoms with Gasteiger partial charge in [0.2, 0.25) is 5.82 Å². The summed E-state index contributed by atoms with van der Waals surface area (Å²) in [4.78, 5) is 4.34. The van der Waals surface area contributed by atoms with Gasteiger partial charge in [-0.05, 0) is 29.8 Å². The van der Waals surface area contributed by atoms with Crippen molar-refractivity contribution in [1.29, 1.82) is 0 Å². The fraction of sp³-hybridized carbons (Fsp3) is 0.200. The van der Waals surface area contributed by atoms with Crippen LogP contribution in [0.4, 0.5) is 4.39 Å². The summed E-state index contributed by atoms with van der Waals surface area (Å²) in [6.07, 6.45) is -0.169. The van der Waals surface area contributed by atoms with Gasteiger partial charge in [-0.25, -0.2) is 9.07 Å². The predicted molar refractivity (Wildman–Crippen MR) is 99.2 cm³/mol. The fourth-order valence-electron chi connectivity index (χ4n) is 3.29. The number of halogens is 1. The van der Waals surface area contributed by atoms with Crippen molar-refractivity contribution < 1.29 is 18.4 Å². The monoisotopic (exact) mass is 393 g/mol. The normalized spacial score (nSPS) is 15.9. The molecule has 9 heteroatoms. The third-order valence-electron chi connectivity index (χ3n) is 4.77. The average molecular weight is 393 g/mol. The van der Waals surface area contributed by atoms with Crippen molar-refractivity contribution in [3.63, 3.8) is 0 Å². The minimum atomic E-state index is -0.369. The molecule has 146 valence electrons. The summed E-state index contributed by atoms with van der Waals surface area (Å²) in [5.74, 6) is 0.903. The van der Waals surface area contributed by atoms with E-state index in [0.29, 0.717) is 24.4 Å². The minimum Gasteiger partial charge on any atom is -0.497 e. The van der Waals surface area contributed by atoms with Crippen LogP contribution < -0.4 is 4.74 Å². The Morgan fingerprint density at radius 1 is 1.17 bits per heavy atom. The van der Waals surface area contributed by atoms with E-state index in [1.54, 1.807) is 23.9 Å². The first-order valence-corrected chi connectivity index (χ1v) is 8.99. The second kappa shape index (κ2) is 7.10. The first-order valence-electron chi connectivity index (χ1n) is 8.99. The summed E-state index contributed by atoms with van der Waals surface area (Å²) in [7, 11) is 1.63. The number of hydrogen-bond acceptors (Lipinski definition) is 7. The van der Waals surface area contributed by atoms with E-state index in [0.717, 1.165) is 17.0 Å². The van der Waals surface area contributed by atoms with E-state index < -0.39 is 0 Å². The summed E-state index contributed by atoms with van der Waals surface area (Å²) in [5.41, 5.74) is 2.73. The Kier molecular flexibility index (Phi) is 4.28. The number of aromatic nitrogens is 5. The predicted octanol–water partition coefficient (Wildman–Crippen LogP) is 3.41. The first-order chi connectivity index (χ1) is 14.2. The van der Waals surface area contributed by atoms with E-state index in [2.05, 4.69) is 20.5 Å². The molecular weight excluding hydrogens is 377 g/mol. The van der Waals surface area contributed by atoms with Crippen LogP contribution in [-0.2, 0) is 17.9 Å². The molecule has 8 nitrogen and oxygen atoms in total. The maximum Gasteiger partial charge on any atom is 0.280 e. The molecule has 2 aromatic carbocycles. The van der Waals surface area contributed by atoms with Crippen molar-refractivity contribution >= 4 is 0 Å². The lowest BCUT2D eigenvalue weighted by molar-refractivity contribution is -0.00127. The molecular formula is C20H16FN5O3. The molecule has 0 aliphatic carbocycles. The van der Waals surface area contributed by atoms with Crippen LogP contribution in [0.15, 0.2) is 53.1 Å². The van der Waals surface area contributed by atoms with Gasteiger partial charge in [0.1, 0.15) is 17.7 Å². The van der Waals surface area contributed by atoms with Crippen molar-refractivity contribution in [3.05, 3.63) is 65.6 Å². The molecule has 0 bridgehead atoms. The van der Waals surface area contributed by atoms with Gasteiger partial charge in [-0.2, -0.15) is 4.98 Å². The topological polar surface area (TPSA) is 88.1 Å². The number of nitrogens with zero attached hydrogens (tertiary/aromatic N) is 5. The van der Waals surface area contributed by atoms with Crippen LogP contribution in [0, 0.1) is 5.82 Å². The highest BCUT2D eigenvalue weighted by Gasteiger charge is 2.28. The average Bonchev–Trinajstić information content (AvgIpc) is 3.40. The maximum absolute atomic E-state index is 13.4. The molecule has 0 spiro atoms. The zero-order valence-corrected chi connectivity index (χ0v) is 15.4. The van der Waals surface area contributed by atoms with Crippen LogP contribution in [0.2, 0.25) is 0 Å². The van der Waals surface area contributed by atoms with E-state index in [1.165, 1.54) is 12.1 Å². The van der Waals surface area contributed by atoms with Gasteiger partial charge in [0.05, 0.1) is 26.0 Å². The van der Waals surface area contributed by atoms with Crippen LogP contribution in [0.25, 0.3) is 23.0 Å². The number of methoxy groups -OCH3 is 1. The third-order valence-corrected chi connectivity index (χ3v) is 4.77. The largest absolute Gasteiger partial charge is 0.497 e. The number of rotatable bonds is 4. The van der Waals surface area contributed by atoms with Crippen molar-refractivity contribution in [3.8, 4) is 28.7 Å². The smallest absolute Gasteiger partial charge is 0.280 e. The lowest BCUT2D eigenvalue weighted by Crippen LogP contribution is -2.22. The Morgan fingerprint density at radius 3 is 2.93 bits per heavy atom. The van der Waals surface area contributed by atoms with Crippen molar-refractivity contribution in [2.45, 2.75) is 19.3 Å². The molecule has 0 fully saturated rings. The van der Waals surface area contributed by atoms with Crippen molar-refractivity contribution in [2.75, 3.05) is 7.11 Å². The van der Waals surface area contributed by atoms with Crippen LogP contribution in [0.3, 0.4) is 0 Å². The molecule has 4 aromatic rings. The van der Waals surface area contributed by atoms with Gasteiger partial charge >= 0.3 is 0 Å². The van der Waals surface area contributed by atoms with E-state index in [4.69, 9.17) is 14.0 Å². The van der Waals surface area contributed by atoms with Gasteiger partial charge in [-0.3, -0.25) is 0 Å². The zero-order valence-electron chi connectivity index (χ0n) is 15.4. The minimum absolute atomic E-state index is 0.169. The molecule has 1 aliphatic rings. The van der Waals surface area contributed by atoms with Gasteiger partial charge in [0.15, 0.2) is 5.69 Å².